The van der Waals surface area contributed by atoms with Gasteiger partial charge in [-0.3, -0.25) is 4.90 Å². The van der Waals surface area contributed by atoms with Gasteiger partial charge in [0.1, 0.15) is 5.75 Å². The van der Waals surface area contributed by atoms with Crippen molar-refractivity contribution in [1.29, 1.82) is 0 Å². The van der Waals surface area contributed by atoms with Crippen molar-refractivity contribution in [3.63, 3.8) is 0 Å². The van der Waals surface area contributed by atoms with Crippen molar-refractivity contribution in [2.45, 2.75) is 57.2 Å². The van der Waals surface area contributed by atoms with E-state index in [1.165, 1.54) is 44.3 Å². The van der Waals surface area contributed by atoms with Crippen LogP contribution in [0.1, 0.15) is 38.2 Å². The van der Waals surface area contributed by atoms with Crippen LogP contribution in [0.25, 0.3) is 0 Å². The summed E-state index contributed by atoms with van der Waals surface area (Å²) in [6.45, 7) is 4.89. The number of nitrogens with zero attached hydrogens (tertiary/aromatic N) is 1. The first-order chi connectivity index (χ1) is 10.3. The van der Waals surface area contributed by atoms with E-state index in [1.54, 1.807) is 7.11 Å². The summed E-state index contributed by atoms with van der Waals surface area (Å²) in [5.41, 5.74) is 1.30. The van der Waals surface area contributed by atoms with Crippen LogP contribution in [0.2, 0.25) is 0 Å². The highest BCUT2D eigenvalue weighted by molar-refractivity contribution is 5.33. The summed E-state index contributed by atoms with van der Waals surface area (Å²) in [6.07, 6.45) is 6.51. The highest BCUT2D eigenvalue weighted by atomic mass is 16.5. The number of ether oxygens (including phenoxy) is 1. The van der Waals surface area contributed by atoms with Crippen LogP contribution in [0.15, 0.2) is 24.3 Å². The largest absolute Gasteiger partial charge is 0.496 e. The maximum Gasteiger partial charge on any atom is 0.122 e. The predicted octanol–water partition coefficient (Wildman–Crippen LogP) is 2.84. The Bertz CT molecular complexity index is 462. The van der Waals surface area contributed by atoms with Gasteiger partial charge in [0.25, 0.3) is 0 Å². The maximum atomic E-state index is 5.47. The van der Waals surface area contributed by atoms with E-state index in [0.717, 1.165) is 18.2 Å². The number of para-hydroxylation sites is 1. The highest BCUT2D eigenvalue weighted by Gasteiger charge is 2.35. The molecule has 2 saturated heterocycles. The van der Waals surface area contributed by atoms with E-state index in [9.17, 15) is 0 Å². The molecule has 2 aliphatic rings. The molecular formula is C18H28N2O. The third-order valence-electron chi connectivity index (χ3n) is 5.07. The first-order valence-corrected chi connectivity index (χ1v) is 8.40. The Kier molecular flexibility index (Phi) is 4.81. The molecule has 3 heteroatoms. The molecule has 0 bridgehead atoms. The Morgan fingerprint density at radius 3 is 2.95 bits per heavy atom. The van der Waals surface area contributed by atoms with Gasteiger partial charge in [0, 0.05) is 24.7 Å². The lowest BCUT2D eigenvalue weighted by Gasteiger charge is -2.34. The third-order valence-corrected chi connectivity index (χ3v) is 5.07. The highest BCUT2D eigenvalue weighted by Crippen LogP contribution is 2.28. The Morgan fingerprint density at radius 1 is 1.24 bits per heavy atom. The fourth-order valence-electron chi connectivity index (χ4n) is 4.07. The predicted molar refractivity (Wildman–Crippen MR) is 86.9 cm³/mol. The van der Waals surface area contributed by atoms with Crippen LogP contribution >= 0.6 is 0 Å². The smallest absolute Gasteiger partial charge is 0.122 e. The topological polar surface area (TPSA) is 24.5 Å². The molecule has 3 rings (SSSR count). The number of benzene rings is 1. The van der Waals surface area contributed by atoms with Crippen LogP contribution < -0.4 is 10.1 Å². The lowest BCUT2D eigenvalue weighted by Crippen LogP contribution is -2.48. The molecule has 0 saturated carbocycles. The van der Waals surface area contributed by atoms with Gasteiger partial charge in [-0.05, 0) is 50.8 Å². The Hall–Kier alpha value is -1.06. The quantitative estimate of drug-likeness (QED) is 0.901. The molecule has 3 unspecified atom stereocenters. The van der Waals surface area contributed by atoms with Crippen molar-refractivity contribution in [2.24, 2.45) is 0 Å². The van der Waals surface area contributed by atoms with Crippen molar-refractivity contribution < 1.29 is 4.74 Å². The van der Waals surface area contributed by atoms with E-state index in [0.29, 0.717) is 12.1 Å². The van der Waals surface area contributed by atoms with Crippen molar-refractivity contribution in [1.82, 2.24) is 10.2 Å². The zero-order valence-electron chi connectivity index (χ0n) is 13.3. The van der Waals surface area contributed by atoms with Gasteiger partial charge in [-0.25, -0.2) is 0 Å². The summed E-state index contributed by atoms with van der Waals surface area (Å²) in [6, 6.07) is 10.3. The molecule has 0 aliphatic carbocycles. The minimum Gasteiger partial charge on any atom is -0.496 e. The summed E-state index contributed by atoms with van der Waals surface area (Å²) in [5, 5.41) is 3.88. The fourth-order valence-corrected chi connectivity index (χ4v) is 4.07. The molecule has 0 aromatic heterocycles. The van der Waals surface area contributed by atoms with E-state index in [2.05, 4.69) is 35.3 Å². The number of fused-ring (bicyclic) bond motifs is 1. The number of hydrogen-bond donors (Lipinski definition) is 1. The van der Waals surface area contributed by atoms with Gasteiger partial charge in [0.2, 0.25) is 0 Å². The number of nitrogens with one attached hydrogen (secondary N) is 1. The summed E-state index contributed by atoms with van der Waals surface area (Å²) >= 11 is 0. The number of piperidine rings is 1. The molecule has 0 amide bonds. The van der Waals surface area contributed by atoms with Gasteiger partial charge < -0.3 is 10.1 Å². The van der Waals surface area contributed by atoms with Crippen LogP contribution in [0.5, 0.6) is 5.75 Å². The zero-order chi connectivity index (χ0) is 14.7. The van der Waals surface area contributed by atoms with Gasteiger partial charge in [0.05, 0.1) is 7.11 Å². The molecular weight excluding hydrogens is 260 g/mol. The lowest BCUT2D eigenvalue weighted by atomic mass is 9.97. The average Bonchev–Trinajstić information content (AvgIpc) is 2.91. The van der Waals surface area contributed by atoms with Gasteiger partial charge >= 0.3 is 0 Å². The average molecular weight is 288 g/mol. The second-order valence-corrected chi connectivity index (χ2v) is 6.58. The molecule has 3 atom stereocenters. The van der Waals surface area contributed by atoms with E-state index in [-0.39, 0.29) is 0 Å². The molecule has 2 heterocycles. The molecule has 1 aromatic rings. The SMILES string of the molecule is COc1ccccc1CC(C)NC1CCN2CCCCC12. The normalized spacial score (nSPS) is 27.3. The van der Waals surface area contributed by atoms with Gasteiger partial charge in [0.15, 0.2) is 0 Å². The van der Waals surface area contributed by atoms with Crippen LogP contribution in [0, 0.1) is 0 Å². The van der Waals surface area contributed by atoms with E-state index in [1.807, 2.05) is 6.07 Å². The molecule has 21 heavy (non-hydrogen) atoms. The minimum absolute atomic E-state index is 0.494. The van der Waals surface area contributed by atoms with Gasteiger partial charge in [-0.2, -0.15) is 0 Å². The van der Waals surface area contributed by atoms with E-state index < -0.39 is 0 Å². The zero-order valence-corrected chi connectivity index (χ0v) is 13.3. The molecule has 1 aromatic carbocycles. The van der Waals surface area contributed by atoms with E-state index >= 15 is 0 Å². The Morgan fingerprint density at radius 2 is 2.10 bits per heavy atom. The van der Waals surface area contributed by atoms with Crippen LogP contribution in [-0.4, -0.2) is 43.2 Å². The summed E-state index contributed by atoms with van der Waals surface area (Å²) < 4.78 is 5.47. The van der Waals surface area contributed by atoms with Crippen molar-refractivity contribution in [3.8, 4) is 5.75 Å². The molecule has 116 valence electrons. The monoisotopic (exact) mass is 288 g/mol. The number of hydrogen-bond acceptors (Lipinski definition) is 3. The van der Waals surface area contributed by atoms with Gasteiger partial charge in [-0.15, -0.1) is 0 Å². The van der Waals surface area contributed by atoms with Crippen LogP contribution in [0.3, 0.4) is 0 Å². The van der Waals surface area contributed by atoms with Crippen LogP contribution in [0.4, 0.5) is 0 Å². The Labute approximate surface area is 128 Å². The summed E-state index contributed by atoms with van der Waals surface area (Å²) in [5.74, 6) is 1.01. The van der Waals surface area contributed by atoms with Crippen molar-refractivity contribution in [3.05, 3.63) is 29.8 Å². The lowest BCUT2D eigenvalue weighted by molar-refractivity contribution is 0.177. The molecule has 2 aliphatic heterocycles. The fraction of sp³-hybridized carbons (Fsp3) is 0.667. The first-order valence-electron chi connectivity index (χ1n) is 8.40. The minimum atomic E-state index is 0.494. The third kappa shape index (κ3) is 3.41. The summed E-state index contributed by atoms with van der Waals surface area (Å²) in [7, 11) is 1.76. The van der Waals surface area contributed by atoms with Crippen LogP contribution in [-0.2, 0) is 6.42 Å². The van der Waals surface area contributed by atoms with Gasteiger partial charge in [-0.1, -0.05) is 24.6 Å². The van der Waals surface area contributed by atoms with Crippen molar-refractivity contribution in [2.75, 3.05) is 20.2 Å². The van der Waals surface area contributed by atoms with Crippen molar-refractivity contribution >= 4 is 0 Å². The standard InChI is InChI=1S/C18H28N2O/c1-14(13-15-7-3-4-9-18(15)21-2)19-16-10-12-20-11-6-5-8-17(16)20/h3-4,7,9,14,16-17,19H,5-6,8,10-13H2,1-2H3. The molecule has 1 N–H and O–H groups in total. The Balaban J connectivity index is 1.58. The first kappa shape index (κ1) is 14.9. The molecule has 0 spiro atoms. The molecule has 3 nitrogen and oxygen atoms in total. The molecule has 0 radical (unpaired) electrons. The second-order valence-electron chi connectivity index (χ2n) is 6.58. The number of rotatable bonds is 5. The summed E-state index contributed by atoms with van der Waals surface area (Å²) in [4.78, 5) is 2.69. The molecule has 2 fully saturated rings. The maximum absolute atomic E-state index is 5.47. The van der Waals surface area contributed by atoms with E-state index in [4.69, 9.17) is 4.74 Å². The second kappa shape index (κ2) is 6.80. The number of methoxy groups -OCH3 is 1.